The fourth-order valence-corrected chi connectivity index (χ4v) is 2.23. The van der Waals surface area contributed by atoms with Crippen LogP contribution >= 0.6 is 35.4 Å². The van der Waals surface area contributed by atoms with Crippen molar-refractivity contribution in [2.24, 2.45) is 0 Å². The van der Waals surface area contributed by atoms with E-state index in [0.717, 1.165) is 0 Å². The van der Waals surface area contributed by atoms with Crippen molar-refractivity contribution < 1.29 is 9.72 Å². The molecule has 0 aliphatic heterocycles. The fourth-order valence-electron chi connectivity index (χ4n) is 1.68. The van der Waals surface area contributed by atoms with Gasteiger partial charge < -0.3 is 5.32 Å². The fraction of sp³-hybridized carbons (Fsp3) is 0. The van der Waals surface area contributed by atoms with E-state index >= 15 is 0 Å². The van der Waals surface area contributed by atoms with Crippen LogP contribution in [0, 0.1) is 10.1 Å². The van der Waals surface area contributed by atoms with E-state index in [0.29, 0.717) is 10.7 Å². The second kappa shape index (κ2) is 7.91. The molecular weight excluding hydrogens is 375 g/mol. The number of non-ortho nitro benzene ring substituents is 1. The molecule has 0 saturated carbocycles. The second-order valence-corrected chi connectivity index (χ2v) is 5.71. The van der Waals surface area contributed by atoms with Gasteiger partial charge in [0.25, 0.3) is 11.6 Å². The molecule has 0 fully saturated rings. The molecule has 0 aromatic heterocycles. The number of halogens is 2. The first-order valence-corrected chi connectivity index (χ1v) is 7.60. The van der Waals surface area contributed by atoms with Crippen molar-refractivity contribution in [3.8, 4) is 0 Å². The maximum atomic E-state index is 12.0. The van der Waals surface area contributed by atoms with Crippen molar-refractivity contribution in [2.45, 2.75) is 0 Å². The Labute approximate surface area is 152 Å². The van der Waals surface area contributed by atoms with Gasteiger partial charge in [0, 0.05) is 22.8 Å². The predicted octanol–water partition coefficient (Wildman–Crippen LogP) is 3.53. The molecule has 10 heteroatoms. The van der Waals surface area contributed by atoms with E-state index in [4.69, 9.17) is 35.4 Å². The first kappa shape index (κ1) is 17.9. The van der Waals surface area contributed by atoms with Crippen molar-refractivity contribution in [2.75, 3.05) is 5.32 Å². The summed E-state index contributed by atoms with van der Waals surface area (Å²) in [4.78, 5) is 22.1. The zero-order valence-electron chi connectivity index (χ0n) is 11.9. The first-order valence-electron chi connectivity index (χ1n) is 6.43. The highest BCUT2D eigenvalue weighted by Crippen LogP contribution is 2.20. The number of nitro benzene ring substituents is 1. The lowest BCUT2D eigenvalue weighted by atomic mass is 10.2. The number of nitro groups is 1. The van der Waals surface area contributed by atoms with Gasteiger partial charge >= 0.3 is 0 Å². The number of nitrogens with one attached hydrogen (secondary N) is 3. The third-order valence-electron chi connectivity index (χ3n) is 2.80. The van der Waals surface area contributed by atoms with Crippen LogP contribution in [0.3, 0.4) is 0 Å². The Hall–Kier alpha value is -2.42. The Morgan fingerprint density at radius 2 is 1.75 bits per heavy atom. The molecule has 0 radical (unpaired) electrons. The smallest absolute Gasteiger partial charge is 0.271 e. The number of amides is 1. The van der Waals surface area contributed by atoms with Crippen molar-refractivity contribution in [1.29, 1.82) is 0 Å². The molecule has 7 nitrogen and oxygen atoms in total. The van der Waals surface area contributed by atoms with Crippen molar-refractivity contribution >= 4 is 57.8 Å². The van der Waals surface area contributed by atoms with E-state index in [-0.39, 0.29) is 21.4 Å². The normalized spacial score (nSPS) is 9.92. The molecule has 2 aromatic rings. The quantitative estimate of drug-likeness (QED) is 0.425. The van der Waals surface area contributed by atoms with Crippen LogP contribution < -0.4 is 16.2 Å². The number of hydrogen-bond acceptors (Lipinski definition) is 4. The Balaban J connectivity index is 1.92. The summed E-state index contributed by atoms with van der Waals surface area (Å²) in [5, 5.41) is 14.1. The molecule has 0 heterocycles. The van der Waals surface area contributed by atoms with Gasteiger partial charge in [-0.05, 0) is 42.5 Å². The zero-order chi connectivity index (χ0) is 17.7. The SMILES string of the molecule is O=C(NNC(=S)Nc1ccc([N+](=O)[O-])cc1)c1cc(Cl)ccc1Cl. The van der Waals surface area contributed by atoms with Crippen LogP contribution in [-0.2, 0) is 0 Å². The number of thiocarbonyl (C=S) groups is 1. The number of hydrogen-bond donors (Lipinski definition) is 3. The number of anilines is 1. The molecule has 124 valence electrons. The number of carbonyl (C=O) groups excluding carboxylic acids is 1. The Kier molecular flexibility index (Phi) is 5.91. The molecule has 0 aliphatic carbocycles. The number of nitrogens with zero attached hydrogens (tertiary/aromatic N) is 1. The molecule has 24 heavy (non-hydrogen) atoms. The number of rotatable bonds is 3. The summed E-state index contributed by atoms with van der Waals surface area (Å²) >= 11 is 16.8. The molecule has 0 unspecified atom stereocenters. The topological polar surface area (TPSA) is 96.3 Å². The summed E-state index contributed by atoms with van der Waals surface area (Å²) in [6.07, 6.45) is 0. The van der Waals surface area contributed by atoms with Crippen LogP contribution in [0.15, 0.2) is 42.5 Å². The average Bonchev–Trinajstić information content (AvgIpc) is 2.55. The predicted molar refractivity (Wildman–Crippen MR) is 96.4 cm³/mol. The summed E-state index contributed by atoms with van der Waals surface area (Å²) in [6, 6.07) is 10.1. The standard InChI is InChI=1S/C14H10Cl2N4O3S/c15-8-1-6-12(16)11(7-8)13(21)18-19-14(24)17-9-2-4-10(5-3-9)20(22)23/h1-7H,(H,18,21)(H2,17,19,24). The second-order valence-electron chi connectivity index (χ2n) is 4.46. The van der Waals surface area contributed by atoms with E-state index < -0.39 is 10.8 Å². The third-order valence-corrected chi connectivity index (χ3v) is 3.57. The molecule has 0 bridgehead atoms. The Bertz CT molecular complexity index is 799. The van der Waals surface area contributed by atoms with Crippen LogP contribution in [0.25, 0.3) is 0 Å². The molecule has 0 atom stereocenters. The molecular formula is C14H10Cl2N4O3S. The maximum absolute atomic E-state index is 12.0. The average molecular weight is 385 g/mol. The van der Waals surface area contributed by atoms with E-state index in [1.54, 1.807) is 6.07 Å². The summed E-state index contributed by atoms with van der Waals surface area (Å²) in [5.41, 5.74) is 5.54. The summed E-state index contributed by atoms with van der Waals surface area (Å²) in [6.45, 7) is 0. The van der Waals surface area contributed by atoms with Gasteiger partial charge in [-0.15, -0.1) is 0 Å². The van der Waals surface area contributed by atoms with E-state index in [1.165, 1.54) is 36.4 Å². The van der Waals surface area contributed by atoms with Crippen molar-refractivity contribution in [1.82, 2.24) is 10.9 Å². The number of hydrazine groups is 1. The Morgan fingerprint density at radius 1 is 1.08 bits per heavy atom. The first-order chi connectivity index (χ1) is 11.4. The lowest BCUT2D eigenvalue weighted by Gasteiger charge is -2.12. The van der Waals surface area contributed by atoms with Crippen LogP contribution in [-0.4, -0.2) is 15.9 Å². The monoisotopic (exact) mass is 384 g/mol. The lowest BCUT2D eigenvalue weighted by molar-refractivity contribution is -0.384. The summed E-state index contributed by atoms with van der Waals surface area (Å²) in [7, 11) is 0. The zero-order valence-corrected chi connectivity index (χ0v) is 14.2. The summed E-state index contributed by atoms with van der Waals surface area (Å²) in [5.74, 6) is -0.518. The minimum atomic E-state index is -0.518. The van der Waals surface area contributed by atoms with E-state index in [2.05, 4.69) is 16.2 Å². The highest BCUT2D eigenvalue weighted by atomic mass is 35.5. The Morgan fingerprint density at radius 3 is 2.38 bits per heavy atom. The van der Waals surface area contributed by atoms with E-state index in [9.17, 15) is 14.9 Å². The van der Waals surface area contributed by atoms with Gasteiger partial charge in [0.15, 0.2) is 5.11 Å². The molecule has 1 amide bonds. The molecule has 2 aromatic carbocycles. The van der Waals surface area contributed by atoms with E-state index in [1.807, 2.05) is 0 Å². The minimum Gasteiger partial charge on any atom is -0.331 e. The van der Waals surface area contributed by atoms with Gasteiger partial charge in [-0.3, -0.25) is 25.8 Å². The maximum Gasteiger partial charge on any atom is 0.271 e. The molecule has 0 saturated heterocycles. The highest BCUT2D eigenvalue weighted by molar-refractivity contribution is 7.80. The van der Waals surface area contributed by atoms with Gasteiger partial charge in [-0.1, -0.05) is 23.2 Å². The van der Waals surface area contributed by atoms with Crippen LogP contribution in [0.5, 0.6) is 0 Å². The van der Waals surface area contributed by atoms with Crippen LogP contribution in [0.4, 0.5) is 11.4 Å². The van der Waals surface area contributed by atoms with Crippen LogP contribution in [0.2, 0.25) is 10.0 Å². The van der Waals surface area contributed by atoms with Crippen LogP contribution in [0.1, 0.15) is 10.4 Å². The summed E-state index contributed by atoms with van der Waals surface area (Å²) < 4.78 is 0. The molecule has 3 N–H and O–H groups in total. The van der Waals surface area contributed by atoms with Gasteiger partial charge in [0.2, 0.25) is 0 Å². The third kappa shape index (κ3) is 4.79. The molecule has 2 rings (SSSR count). The number of benzene rings is 2. The minimum absolute atomic E-state index is 0.0386. The van der Waals surface area contributed by atoms with Gasteiger partial charge in [0.1, 0.15) is 0 Å². The largest absolute Gasteiger partial charge is 0.331 e. The molecule has 0 spiro atoms. The lowest BCUT2D eigenvalue weighted by Crippen LogP contribution is -2.43. The number of carbonyl (C=O) groups is 1. The van der Waals surface area contributed by atoms with Crippen molar-refractivity contribution in [3.05, 3.63) is 68.2 Å². The van der Waals surface area contributed by atoms with Gasteiger partial charge in [-0.25, -0.2) is 0 Å². The van der Waals surface area contributed by atoms with Gasteiger partial charge in [0.05, 0.1) is 15.5 Å². The highest BCUT2D eigenvalue weighted by Gasteiger charge is 2.11. The van der Waals surface area contributed by atoms with Gasteiger partial charge in [-0.2, -0.15) is 0 Å². The van der Waals surface area contributed by atoms with Crippen molar-refractivity contribution in [3.63, 3.8) is 0 Å². The molecule has 0 aliphatic rings.